The average molecular weight is 529 g/mol. The first kappa shape index (κ1) is 35.2. The molecule has 0 fully saturated rings. The third-order valence-electron chi connectivity index (χ3n) is 8.88. The minimum atomic E-state index is 0.942. The Morgan fingerprint density at radius 1 is 0.500 bits per heavy atom. The van der Waals surface area contributed by atoms with Gasteiger partial charge < -0.3 is 0 Å². The molecule has 0 aromatic carbocycles. The second kappa shape index (κ2) is 27.7. The molecular formula is C37H70N+. The molecule has 0 amide bonds. The van der Waals surface area contributed by atoms with Crippen molar-refractivity contribution in [1.82, 2.24) is 0 Å². The minimum absolute atomic E-state index is 0.942. The maximum Gasteiger partial charge on any atom is 0.181 e. The van der Waals surface area contributed by atoms with Crippen LogP contribution in [0.2, 0.25) is 0 Å². The lowest BCUT2D eigenvalue weighted by Crippen LogP contribution is -2.38. The zero-order valence-corrected chi connectivity index (χ0v) is 26.6. The summed E-state index contributed by atoms with van der Waals surface area (Å²) in [4.78, 5) is 0. The number of hydrogen-bond donors (Lipinski definition) is 0. The van der Waals surface area contributed by atoms with Crippen LogP contribution in [0.3, 0.4) is 0 Å². The fourth-order valence-corrected chi connectivity index (χ4v) is 6.12. The van der Waals surface area contributed by atoms with Crippen molar-refractivity contribution in [3.05, 3.63) is 30.1 Å². The Morgan fingerprint density at radius 3 is 1.45 bits per heavy atom. The summed E-state index contributed by atoms with van der Waals surface area (Å²) in [5.41, 5.74) is 1.56. The van der Waals surface area contributed by atoms with E-state index in [-0.39, 0.29) is 0 Å². The van der Waals surface area contributed by atoms with Crippen LogP contribution in [0.1, 0.15) is 193 Å². The molecule has 1 aromatic rings. The van der Waals surface area contributed by atoms with Gasteiger partial charge in [-0.15, -0.1) is 0 Å². The summed E-state index contributed by atoms with van der Waals surface area (Å²) in [6.07, 6.45) is 40.9. The number of aryl methyl sites for hydroxylation is 2. The molecule has 0 bridgehead atoms. The first-order valence-electron chi connectivity index (χ1n) is 17.8. The van der Waals surface area contributed by atoms with Gasteiger partial charge in [0.05, 0.1) is 0 Å². The van der Waals surface area contributed by atoms with Crippen molar-refractivity contribution < 1.29 is 4.57 Å². The van der Waals surface area contributed by atoms with Crippen LogP contribution in [0.4, 0.5) is 0 Å². The molecule has 1 atom stereocenters. The molecule has 1 rings (SSSR count). The molecule has 0 saturated heterocycles. The van der Waals surface area contributed by atoms with Crippen molar-refractivity contribution in [3.63, 3.8) is 0 Å². The fourth-order valence-electron chi connectivity index (χ4n) is 6.12. The Labute approximate surface area is 241 Å². The topological polar surface area (TPSA) is 3.88 Å². The van der Waals surface area contributed by atoms with Crippen molar-refractivity contribution >= 4 is 0 Å². The Kier molecular flexibility index (Phi) is 25.6. The minimum Gasteiger partial charge on any atom is -0.202 e. The van der Waals surface area contributed by atoms with Crippen molar-refractivity contribution in [1.29, 1.82) is 0 Å². The number of aromatic nitrogens is 1. The number of nitrogens with zero attached hydrogens (tertiary/aromatic N) is 1. The van der Waals surface area contributed by atoms with E-state index in [1.165, 1.54) is 180 Å². The molecule has 0 N–H and O–H groups in total. The normalized spacial score (nSPS) is 12.3. The van der Waals surface area contributed by atoms with E-state index in [0.29, 0.717) is 0 Å². The monoisotopic (exact) mass is 529 g/mol. The van der Waals surface area contributed by atoms with Gasteiger partial charge in [0.15, 0.2) is 11.9 Å². The van der Waals surface area contributed by atoms with Crippen LogP contribution in [0.5, 0.6) is 0 Å². The van der Waals surface area contributed by atoms with Gasteiger partial charge in [-0.05, 0) is 25.2 Å². The van der Waals surface area contributed by atoms with Crippen LogP contribution in [0.25, 0.3) is 0 Å². The van der Waals surface area contributed by atoms with Gasteiger partial charge >= 0.3 is 0 Å². The summed E-state index contributed by atoms with van der Waals surface area (Å²) >= 11 is 0. The summed E-state index contributed by atoms with van der Waals surface area (Å²) in [6, 6.07) is 6.85. The molecule has 0 aliphatic heterocycles. The van der Waals surface area contributed by atoms with Gasteiger partial charge in [0, 0.05) is 25.0 Å². The summed E-state index contributed by atoms with van der Waals surface area (Å²) in [5, 5.41) is 0. The highest BCUT2D eigenvalue weighted by molar-refractivity contribution is 4.97. The molecule has 1 heteroatoms. The number of hydrogen-bond acceptors (Lipinski definition) is 0. The van der Waals surface area contributed by atoms with Gasteiger partial charge in [-0.2, -0.15) is 0 Å². The smallest absolute Gasteiger partial charge is 0.181 e. The summed E-state index contributed by atoms with van der Waals surface area (Å²) in [7, 11) is 0. The largest absolute Gasteiger partial charge is 0.202 e. The molecule has 0 aliphatic carbocycles. The third-order valence-corrected chi connectivity index (χ3v) is 8.88. The SMILES string of the molecule is CCCCCCCCCCCCCC[n+]1ccccc1CCCC(CC)CCCCCCCCCCCC. The van der Waals surface area contributed by atoms with Crippen molar-refractivity contribution in [2.45, 2.75) is 201 Å². The lowest BCUT2D eigenvalue weighted by molar-refractivity contribution is -0.704. The molecule has 0 radical (unpaired) electrons. The van der Waals surface area contributed by atoms with Gasteiger partial charge in [0.1, 0.15) is 6.54 Å². The van der Waals surface area contributed by atoms with E-state index in [2.05, 4.69) is 49.7 Å². The summed E-state index contributed by atoms with van der Waals surface area (Å²) < 4.78 is 2.56. The van der Waals surface area contributed by atoms with Crippen LogP contribution in [0.15, 0.2) is 24.4 Å². The van der Waals surface area contributed by atoms with Crippen molar-refractivity contribution in [2.75, 3.05) is 0 Å². The maximum absolute atomic E-state index is 2.56. The molecule has 1 heterocycles. The predicted octanol–water partition coefficient (Wildman–Crippen LogP) is 12.3. The standard InChI is InChI=1S/C37H70N/c1-4-7-9-11-13-15-17-18-20-22-24-27-34-38-35-28-26-32-37(38)33-29-31-36(6-3)30-25-23-21-19-16-14-12-10-8-5-2/h26,28,32,35-36H,4-25,27,29-31,33-34H2,1-3H3/q+1. The lowest BCUT2D eigenvalue weighted by Gasteiger charge is -2.14. The predicted molar refractivity (Wildman–Crippen MR) is 171 cm³/mol. The van der Waals surface area contributed by atoms with E-state index in [1.807, 2.05) is 0 Å². The van der Waals surface area contributed by atoms with E-state index in [4.69, 9.17) is 0 Å². The molecule has 1 nitrogen and oxygen atoms in total. The molecule has 1 aromatic heterocycles. The summed E-state index contributed by atoms with van der Waals surface area (Å²) in [6.45, 7) is 8.24. The average Bonchev–Trinajstić information content (AvgIpc) is 2.94. The van der Waals surface area contributed by atoms with Gasteiger partial charge in [-0.3, -0.25) is 0 Å². The highest BCUT2D eigenvalue weighted by atomic mass is 14.9. The number of unbranched alkanes of at least 4 members (excludes halogenated alkanes) is 20. The van der Waals surface area contributed by atoms with Crippen LogP contribution < -0.4 is 4.57 Å². The molecule has 0 spiro atoms. The Hall–Kier alpha value is -0.850. The molecule has 0 aliphatic rings. The molecule has 0 saturated carbocycles. The van der Waals surface area contributed by atoms with Crippen LogP contribution in [-0.4, -0.2) is 0 Å². The Morgan fingerprint density at radius 2 is 0.947 bits per heavy atom. The van der Waals surface area contributed by atoms with Crippen molar-refractivity contribution in [2.24, 2.45) is 5.92 Å². The zero-order chi connectivity index (χ0) is 27.4. The second-order valence-electron chi connectivity index (χ2n) is 12.4. The summed E-state index contributed by atoms with van der Waals surface area (Å²) in [5.74, 6) is 0.942. The van der Waals surface area contributed by atoms with Gasteiger partial charge in [0.2, 0.25) is 0 Å². The van der Waals surface area contributed by atoms with Crippen LogP contribution >= 0.6 is 0 Å². The zero-order valence-electron chi connectivity index (χ0n) is 26.6. The first-order chi connectivity index (χ1) is 18.8. The molecule has 1 unspecified atom stereocenters. The highest BCUT2D eigenvalue weighted by Gasteiger charge is 2.11. The van der Waals surface area contributed by atoms with E-state index in [1.54, 1.807) is 5.69 Å². The maximum atomic E-state index is 2.56. The van der Waals surface area contributed by atoms with Crippen LogP contribution in [-0.2, 0) is 13.0 Å². The molecular weight excluding hydrogens is 458 g/mol. The van der Waals surface area contributed by atoms with Gasteiger partial charge in [0.25, 0.3) is 0 Å². The van der Waals surface area contributed by atoms with E-state index in [9.17, 15) is 0 Å². The first-order valence-corrected chi connectivity index (χ1v) is 17.8. The second-order valence-corrected chi connectivity index (χ2v) is 12.4. The number of pyridine rings is 1. The number of rotatable bonds is 29. The third kappa shape index (κ3) is 21.0. The quantitative estimate of drug-likeness (QED) is 0.0719. The molecule has 222 valence electrons. The van der Waals surface area contributed by atoms with Gasteiger partial charge in [-0.1, -0.05) is 168 Å². The van der Waals surface area contributed by atoms with Gasteiger partial charge in [-0.25, -0.2) is 4.57 Å². The lowest BCUT2D eigenvalue weighted by atomic mass is 9.92. The molecule has 38 heavy (non-hydrogen) atoms. The van der Waals surface area contributed by atoms with Crippen molar-refractivity contribution in [3.8, 4) is 0 Å². The van der Waals surface area contributed by atoms with E-state index >= 15 is 0 Å². The Balaban J connectivity index is 2.07. The fraction of sp³-hybridized carbons (Fsp3) is 0.865. The van der Waals surface area contributed by atoms with E-state index in [0.717, 1.165) is 5.92 Å². The van der Waals surface area contributed by atoms with E-state index < -0.39 is 0 Å². The highest BCUT2D eigenvalue weighted by Crippen LogP contribution is 2.21. The van der Waals surface area contributed by atoms with Crippen LogP contribution in [0, 0.1) is 5.92 Å². The Bertz CT molecular complexity index is 594.